The lowest BCUT2D eigenvalue weighted by atomic mass is 9.86. The maximum absolute atomic E-state index is 13.6. The number of nitrogens with zero attached hydrogens (tertiary/aromatic N) is 1. The molecule has 1 aliphatic rings. The van der Waals surface area contributed by atoms with Crippen molar-refractivity contribution in [2.24, 2.45) is 0 Å². The minimum atomic E-state index is -0.342. The Labute approximate surface area is 206 Å². The molecule has 34 heavy (non-hydrogen) atoms. The molecule has 0 N–H and O–H groups in total. The topological polar surface area (TPSA) is 48.0 Å². The average molecular weight is 480 g/mol. The fourth-order valence-corrected chi connectivity index (χ4v) is 4.51. The van der Waals surface area contributed by atoms with Gasteiger partial charge >= 0.3 is 0 Å². The first-order valence-electron chi connectivity index (χ1n) is 11.5. The van der Waals surface area contributed by atoms with Crippen LogP contribution in [0.25, 0.3) is 0 Å². The Morgan fingerprint density at radius 1 is 1.03 bits per heavy atom. The number of hydrogen-bond donors (Lipinski definition) is 0. The van der Waals surface area contributed by atoms with Gasteiger partial charge in [-0.25, -0.2) is 0 Å². The van der Waals surface area contributed by atoms with Gasteiger partial charge in [-0.15, -0.1) is 0 Å². The zero-order valence-corrected chi connectivity index (χ0v) is 21.0. The molecule has 0 aliphatic carbocycles. The van der Waals surface area contributed by atoms with Gasteiger partial charge in [0, 0.05) is 10.7 Å². The zero-order valence-electron chi connectivity index (χ0n) is 20.2. The van der Waals surface area contributed by atoms with E-state index >= 15 is 0 Å². The standard InChI is InChI=1S/C28H30ClNO4/c1-6-18(3)34-26-16-23-20(14-25(26)33-5)15-27(31)30(24-12-11-22(32-4)13-17(24)2)28(23)19-7-9-21(29)10-8-19/h7-14,16,18,28H,6,15H2,1-5H3. The van der Waals surface area contributed by atoms with Crippen LogP contribution in [0.5, 0.6) is 17.2 Å². The minimum absolute atomic E-state index is 0.0124. The summed E-state index contributed by atoms with van der Waals surface area (Å²) in [4.78, 5) is 15.5. The second-order valence-electron chi connectivity index (χ2n) is 8.59. The Kier molecular flexibility index (Phi) is 7.03. The summed E-state index contributed by atoms with van der Waals surface area (Å²) >= 11 is 6.20. The van der Waals surface area contributed by atoms with Gasteiger partial charge in [0.25, 0.3) is 0 Å². The number of methoxy groups -OCH3 is 2. The van der Waals surface area contributed by atoms with E-state index in [0.29, 0.717) is 16.5 Å². The maximum Gasteiger partial charge on any atom is 0.232 e. The highest BCUT2D eigenvalue weighted by Crippen LogP contribution is 2.44. The quantitative estimate of drug-likeness (QED) is 0.387. The van der Waals surface area contributed by atoms with Gasteiger partial charge in [-0.2, -0.15) is 0 Å². The van der Waals surface area contributed by atoms with Gasteiger partial charge in [0.1, 0.15) is 5.75 Å². The molecule has 4 rings (SSSR count). The van der Waals surface area contributed by atoms with Crippen molar-refractivity contribution < 1.29 is 19.0 Å². The predicted molar refractivity (Wildman–Crippen MR) is 136 cm³/mol. The van der Waals surface area contributed by atoms with Gasteiger partial charge in [0.2, 0.25) is 5.91 Å². The van der Waals surface area contributed by atoms with Crippen LogP contribution in [-0.4, -0.2) is 26.2 Å². The summed E-state index contributed by atoms with van der Waals surface area (Å²) in [6.45, 7) is 6.11. The van der Waals surface area contributed by atoms with Crippen LogP contribution in [0.3, 0.4) is 0 Å². The van der Waals surface area contributed by atoms with E-state index in [1.807, 2.05) is 73.3 Å². The van der Waals surface area contributed by atoms with Gasteiger partial charge < -0.3 is 19.1 Å². The van der Waals surface area contributed by atoms with Crippen LogP contribution in [-0.2, 0) is 11.2 Å². The van der Waals surface area contributed by atoms with E-state index in [4.69, 9.17) is 25.8 Å². The monoisotopic (exact) mass is 479 g/mol. The molecule has 5 nitrogen and oxygen atoms in total. The van der Waals surface area contributed by atoms with Gasteiger partial charge in [-0.3, -0.25) is 4.79 Å². The molecular weight excluding hydrogens is 450 g/mol. The average Bonchev–Trinajstić information content (AvgIpc) is 2.84. The van der Waals surface area contributed by atoms with Crippen LogP contribution in [0, 0.1) is 6.92 Å². The van der Waals surface area contributed by atoms with Gasteiger partial charge in [0.15, 0.2) is 11.5 Å². The molecule has 2 atom stereocenters. The third-order valence-electron chi connectivity index (χ3n) is 6.34. The van der Waals surface area contributed by atoms with Crippen molar-refractivity contribution in [1.29, 1.82) is 0 Å². The molecule has 0 saturated carbocycles. The molecule has 178 valence electrons. The number of ether oxygens (including phenoxy) is 3. The SMILES string of the molecule is CCC(C)Oc1cc2c(cc1OC)CC(=O)N(c1ccc(OC)cc1C)C2c1ccc(Cl)cc1. The van der Waals surface area contributed by atoms with Crippen molar-refractivity contribution in [2.75, 3.05) is 19.1 Å². The number of fused-ring (bicyclic) bond motifs is 1. The van der Waals surface area contributed by atoms with Gasteiger partial charge in [0.05, 0.1) is 32.8 Å². The van der Waals surface area contributed by atoms with Crippen LogP contribution >= 0.6 is 11.6 Å². The van der Waals surface area contributed by atoms with Crippen molar-refractivity contribution in [3.8, 4) is 17.2 Å². The van der Waals surface area contributed by atoms with E-state index in [1.165, 1.54) is 0 Å². The minimum Gasteiger partial charge on any atom is -0.497 e. The molecule has 6 heteroatoms. The number of halogens is 1. The van der Waals surface area contributed by atoms with Crippen LogP contribution in [0.1, 0.15) is 48.6 Å². The summed E-state index contributed by atoms with van der Waals surface area (Å²) < 4.78 is 17.2. The Morgan fingerprint density at radius 2 is 1.76 bits per heavy atom. The summed E-state index contributed by atoms with van der Waals surface area (Å²) in [7, 11) is 3.26. The van der Waals surface area contributed by atoms with Gasteiger partial charge in [-0.05, 0) is 85.0 Å². The number of rotatable bonds is 7. The first-order valence-corrected chi connectivity index (χ1v) is 11.8. The molecule has 2 unspecified atom stereocenters. The van der Waals surface area contributed by atoms with E-state index in [1.54, 1.807) is 14.2 Å². The smallest absolute Gasteiger partial charge is 0.232 e. The van der Waals surface area contributed by atoms with E-state index in [9.17, 15) is 4.79 Å². The Morgan fingerprint density at radius 3 is 2.38 bits per heavy atom. The van der Waals surface area contributed by atoms with E-state index in [2.05, 4.69) is 6.92 Å². The maximum atomic E-state index is 13.6. The number of carbonyl (C=O) groups excluding carboxylic acids is 1. The number of benzene rings is 3. The molecule has 1 aliphatic heterocycles. The number of anilines is 1. The van der Waals surface area contributed by atoms with E-state index in [-0.39, 0.29) is 24.5 Å². The Balaban J connectivity index is 1.92. The summed E-state index contributed by atoms with van der Waals surface area (Å²) in [5, 5.41) is 0.647. The van der Waals surface area contributed by atoms with Crippen molar-refractivity contribution >= 4 is 23.2 Å². The molecule has 0 spiro atoms. The van der Waals surface area contributed by atoms with Gasteiger partial charge in [-0.1, -0.05) is 30.7 Å². The van der Waals surface area contributed by atoms with E-state index in [0.717, 1.165) is 40.1 Å². The molecule has 0 aromatic heterocycles. The number of hydrogen-bond acceptors (Lipinski definition) is 4. The molecule has 0 bridgehead atoms. The highest BCUT2D eigenvalue weighted by Gasteiger charge is 2.36. The largest absolute Gasteiger partial charge is 0.497 e. The van der Waals surface area contributed by atoms with Crippen LogP contribution in [0.15, 0.2) is 54.6 Å². The van der Waals surface area contributed by atoms with Crippen LogP contribution < -0.4 is 19.1 Å². The number of amides is 1. The molecule has 0 radical (unpaired) electrons. The predicted octanol–water partition coefficient (Wildman–Crippen LogP) is 6.52. The second-order valence-corrected chi connectivity index (χ2v) is 9.02. The van der Waals surface area contributed by atoms with Crippen molar-refractivity contribution in [2.45, 2.75) is 45.8 Å². The highest BCUT2D eigenvalue weighted by atomic mass is 35.5. The number of carbonyl (C=O) groups is 1. The first-order chi connectivity index (χ1) is 16.4. The normalized spacial score (nSPS) is 16.1. The van der Waals surface area contributed by atoms with E-state index < -0.39 is 0 Å². The fraction of sp³-hybridized carbons (Fsp3) is 0.321. The summed E-state index contributed by atoms with van der Waals surface area (Å²) in [6, 6.07) is 17.1. The summed E-state index contributed by atoms with van der Waals surface area (Å²) in [5.41, 5.74) is 4.71. The first kappa shape index (κ1) is 24.0. The van der Waals surface area contributed by atoms with Crippen LogP contribution in [0.2, 0.25) is 5.02 Å². The van der Waals surface area contributed by atoms with Crippen molar-refractivity contribution in [1.82, 2.24) is 0 Å². The third kappa shape index (κ3) is 4.58. The lowest BCUT2D eigenvalue weighted by Gasteiger charge is -2.39. The Bertz CT molecular complexity index is 1190. The third-order valence-corrected chi connectivity index (χ3v) is 6.59. The molecule has 0 fully saturated rings. The fourth-order valence-electron chi connectivity index (χ4n) is 4.38. The lowest BCUT2D eigenvalue weighted by molar-refractivity contribution is -0.118. The summed E-state index contributed by atoms with van der Waals surface area (Å²) in [5.74, 6) is 2.08. The van der Waals surface area contributed by atoms with Crippen molar-refractivity contribution in [3.63, 3.8) is 0 Å². The van der Waals surface area contributed by atoms with Crippen LogP contribution in [0.4, 0.5) is 5.69 Å². The Hall–Kier alpha value is -3.18. The molecule has 3 aromatic rings. The number of aryl methyl sites for hydroxylation is 1. The highest BCUT2D eigenvalue weighted by molar-refractivity contribution is 6.30. The lowest BCUT2D eigenvalue weighted by Crippen LogP contribution is -2.41. The molecule has 1 heterocycles. The second kappa shape index (κ2) is 9.98. The molecule has 0 saturated heterocycles. The zero-order chi connectivity index (χ0) is 24.4. The molecule has 3 aromatic carbocycles. The summed E-state index contributed by atoms with van der Waals surface area (Å²) in [6.07, 6.45) is 1.17. The van der Waals surface area contributed by atoms with Crippen molar-refractivity contribution in [3.05, 3.63) is 81.9 Å². The molecule has 1 amide bonds. The molecular formula is C28H30ClNO4.